The molecular formula is C25H35N5O2. The molecule has 0 aliphatic carbocycles. The summed E-state index contributed by atoms with van der Waals surface area (Å²) < 4.78 is 11.6. The van der Waals surface area contributed by atoms with E-state index in [1.807, 2.05) is 6.20 Å². The van der Waals surface area contributed by atoms with Crippen molar-refractivity contribution in [3.8, 4) is 11.5 Å². The highest BCUT2D eigenvalue weighted by Gasteiger charge is 2.23. The molecule has 0 radical (unpaired) electrons. The molecule has 7 heteroatoms. The van der Waals surface area contributed by atoms with Gasteiger partial charge in [-0.1, -0.05) is 6.07 Å². The Morgan fingerprint density at radius 1 is 1.28 bits per heavy atom. The molecule has 1 fully saturated rings. The number of benzene rings is 1. The number of nitrogens with one attached hydrogen (secondary N) is 2. The Morgan fingerprint density at radius 3 is 2.78 bits per heavy atom. The van der Waals surface area contributed by atoms with E-state index >= 15 is 0 Å². The lowest BCUT2D eigenvalue weighted by Gasteiger charge is -2.33. The molecule has 2 aromatic rings. The Balaban J connectivity index is 1.38. The van der Waals surface area contributed by atoms with Gasteiger partial charge in [0.05, 0.1) is 13.7 Å². The van der Waals surface area contributed by atoms with E-state index in [0.29, 0.717) is 12.6 Å². The van der Waals surface area contributed by atoms with Crippen molar-refractivity contribution in [1.29, 1.82) is 0 Å². The molecule has 172 valence electrons. The summed E-state index contributed by atoms with van der Waals surface area (Å²) in [7, 11) is 1.72. The zero-order chi connectivity index (χ0) is 22.5. The number of hydrogen-bond donors (Lipinski definition) is 2. The molecule has 3 heterocycles. The quantitative estimate of drug-likeness (QED) is 0.533. The van der Waals surface area contributed by atoms with Crippen molar-refractivity contribution in [2.24, 2.45) is 4.99 Å². The number of fused-ring (bicyclic) bond motifs is 1. The van der Waals surface area contributed by atoms with Crippen LogP contribution in [0.4, 0.5) is 5.82 Å². The van der Waals surface area contributed by atoms with E-state index in [2.05, 4.69) is 65.6 Å². The summed E-state index contributed by atoms with van der Waals surface area (Å²) in [5.74, 6) is 3.74. The molecule has 2 aliphatic heterocycles. The van der Waals surface area contributed by atoms with E-state index in [1.54, 1.807) is 7.11 Å². The normalized spacial score (nSPS) is 18.8. The average molecular weight is 438 g/mol. The number of aryl methyl sites for hydroxylation is 1. The van der Waals surface area contributed by atoms with Gasteiger partial charge in [-0.25, -0.2) is 9.98 Å². The summed E-state index contributed by atoms with van der Waals surface area (Å²) in [5, 5.41) is 7.01. The number of hydrogen-bond acceptors (Lipinski definition) is 5. The van der Waals surface area contributed by atoms with Gasteiger partial charge in [-0.3, -0.25) is 0 Å². The lowest BCUT2D eigenvalue weighted by molar-refractivity contribution is 0.254. The summed E-state index contributed by atoms with van der Waals surface area (Å²) >= 11 is 0. The molecule has 1 atom stereocenters. The fourth-order valence-corrected chi connectivity index (χ4v) is 4.37. The minimum Gasteiger partial charge on any atom is -0.496 e. The summed E-state index contributed by atoms with van der Waals surface area (Å²) in [6.07, 6.45) is 5.18. The van der Waals surface area contributed by atoms with E-state index < -0.39 is 0 Å². The van der Waals surface area contributed by atoms with Crippen LogP contribution in [-0.2, 0) is 13.0 Å². The maximum Gasteiger partial charge on any atom is 0.191 e. The first-order valence-corrected chi connectivity index (χ1v) is 11.6. The third kappa shape index (κ3) is 5.26. The van der Waals surface area contributed by atoms with Crippen molar-refractivity contribution in [3.05, 3.63) is 47.2 Å². The van der Waals surface area contributed by atoms with E-state index in [-0.39, 0.29) is 6.10 Å². The molecule has 0 bridgehead atoms. The number of rotatable bonds is 6. The first kappa shape index (κ1) is 22.2. The fourth-order valence-electron chi connectivity index (χ4n) is 4.37. The topological polar surface area (TPSA) is 71.0 Å². The predicted molar refractivity (Wildman–Crippen MR) is 129 cm³/mol. The lowest BCUT2D eigenvalue weighted by atomic mass is 10.1. The molecule has 1 aromatic carbocycles. The Bertz CT molecular complexity index is 936. The highest BCUT2D eigenvalue weighted by Crippen LogP contribution is 2.35. The molecule has 7 nitrogen and oxygen atoms in total. The van der Waals surface area contributed by atoms with Crippen LogP contribution in [0.5, 0.6) is 11.5 Å². The zero-order valence-corrected chi connectivity index (χ0v) is 19.6. The largest absolute Gasteiger partial charge is 0.496 e. The molecule has 32 heavy (non-hydrogen) atoms. The standard InChI is InChI=1S/C25H35N5O2/c1-5-26-25(28-16-20-14-23-19(12-18(3)32-23)13-22(20)31-4)29-21-8-10-30(11-9-21)24-7-6-17(2)15-27-24/h6-7,13-15,18,21H,5,8-12,16H2,1-4H3,(H2,26,28,29). The van der Waals surface area contributed by atoms with Gasteiger partial charge in [0.15, 0.2) is 5.96 Å². The predicted octanol–water partition coefficient (Wildman–Crippen LogP) is 3.45. The third-order valence-electron chi connectivity index (χ3n) is 6.11. The number of ether oxygens (including phenoxy) is 2. The van der Waals surface area contributed by atoms with Crippen LogP contribution >= 0.6 is 0 Å². The van der Waals surface area contributed by atoms with Crippen LogP contribution in [0.1, 0.15) is 43.4 Å². The van der Waals surface area contributed by atoms with Crippen molar-refractivity contribution in [1.82, 2.24) is 15.6 Å². The van der Waals surface area contributed by atoms with Gasteiger partial charge in [-0.05, 0) is 57.4 Å². The maximum atomic E-state index is 5.93. The fraction of sp³-hybridized carbons (Fsp3) is 0.520. The second kappa shape index (κ2) is 10.1. The lowest BCUT2D eigenvalue weighted by Crippen LogP contribution is -2.48. The number of guanidine groups is 1. The molecule has 2 N–H and O–H groups in total. The SMILES string of the molecule is CCNC(=NCc1cc2c(cc1OC)CC(C)O2)NC1CCN(c2ccc(C)cn2)CC1. The first-order valence-electron chi connectivity index (χ1n) is 11.6. The van der Waals surface area contributed by atoms with Gasteiger partial charge >= 0.3 is 0 Å². The Morgan fingerprint density at radius 2 is 2.09 bits per heavy atom. The van der Waals surface area contributed by atoms with Crippen LogP contribution in [-0.4, -0.2) is 49.8 Å². The Hall–Kier alpha value is -2.96. The van der Waals surface area contributed by atoms with E-state index in [4.69, 9.17) is 14.5 Å². The van der Waals surface area contributed by atoms with Crippen molar-refractivity contribution in [3.63, 3.8) is 0 Å². The summed E-state index contributed by atoms with van der Waals surface area (Å²) in [5.41, 5.74) is 3.44. The number of anilines is 1. The summed E-state index contributed by atoms with van der Waals surface area (Å²) in [4.78, 5) is 11.8. The number of methoxy groups -OCH3 is 1. The molecular weight excluding hydrogens is 402 g/mol. The monoisotopic (exact) mass is 437 g/mol. The number of pyridine rings is 1. The smallest absolute Gasteiger partial charge is 0.191 e. The van der Waals surface area contributed by atoms with Gasteiger partial charge in [0, 0.05) is 49.4 Å². The Kier molecular flexibility index (Phi) is 7.02. The van der Waals surface area contributed by atoms with Crippen molar-refractivity contribution >= 4 is 11.8 Å². The second-order valence-electron chi connectivity index (χ2n) is 8.70. The number of aromatic nitrogens is 1. The van der Waals surface area contributed by atoms with Gasteiger partial charge < -0.3 is 25.0 Å². The van der Waals surface area contributed by atoms with Crippen LogP contribution in [0.2, 0.25) is 0 Å². The number of nitrogens with zero attached hydrogens (tertiary/aromatic N) is 3. The first-order chi connectivity index (χ1) is 15.6. The van der Waals surface area contributed by atoms with Crippen molar-refractivity contribution in [2.45, 2.75) is 58.7 Å². The molecule has 1 saturated heterocycles. The van der Waals surface area contributed by atoms with Crippen molar-refractivity contribution in [2.75, 3.05) is 31.6 Å². The van der Waals surface area contributed by atoms with Crippen LogP contribution in [0.3, 0.4) is 0 Å². The molecule has 4 rings (SSSR count). The average Bonchev–Trinajstić information content (AvgIpc) is 3.16. The molecule has 1 unspecified atom stereocenters. The van der Waals surface area contributed by atoms with Gasteiger partial charge in [0.1, 0.15) is 23.4 Å². The zero-order valence-electron chi connectivity index (χ0n) is 19.6. The molecule has 1 aromatic heterocycles. The van der Waals surface area contributed by atoms with E-state index in [9.17, 15) is 0 Å². The number of piperidine rings is 1. The van der Waals surface area contributed by atoms with E-state index in [1.165, 1.54) is 11.1 Å². The minimum atomic E-state index is 0.216. The minimum absolute atomic E-state index is 0.216. The Labute approximate surface area is 191 Å². The summed E-state index contributed by atoms with van der Waals surface area (Å²) in [6.45, 7) is 9.59. The van der Waals surface area contributed by atoms with E-state index in [0.717, 1.165) is 67.7 Å². The molecule has 2 aliphatic rings. The molecule has 0 spiro atoms. The van der Waals surface area contributed by atoms with Crippen LogP contribution < -0.4 is 25.0 Å². The maximum absolute atomic E-state index is 5.93. The van der Waals surface area contributed by atoms with Crippen molar-refractivity contribution < 1.29 is 9.47 Å². The van der Waals surface area contributed by atoms with Crippen LogP contribution in [0.15, 0.2) is 35.5 Å². The van der Waals surface area contributed by atoms with Crippen LogP contribution in [0.25, 0.3) is 0 Å². The highest BCUT2D eigenvalue weighted by molar-refractivity contribution is 5.80. The summed E-state index contributed by atoms with van der Waals surface area (Å²) in [6, 6.07) is 8.81. The van der Waals surface area contributed by atoms with Gasteiger partial charge in [0.2, 0.25) is 0 Å². The number of aliphatic imine (C=N–C) groups is 1. The van der Waals surface area contributed by atoms with Gasteiger partial charge in [-0.2, -0.15) is 0 Å². The van der Waals surface area contributed by atoms with Gasteiger partial charge in [-0.15, -0.1) is 0 Å². The van der Waals surface area contributed by atoms with Gasteiger partial charge in [0.25, 0.3) is 0 Å². The molecule has 0 saturated carbocycles. The molecule has 0 amide bonds. The second-order valence-corrected chi connectivity index (χ2v) is 8.70. The van der Waals surface area contributed by atoms with Crippen LogP contribution in [0, 0.1) is 6.92 Å². The highest BCUT2D eigenvalue weighted by atomic mass is 16.5. The third-order valence-corrected chi connectivity index (χ3v) is 6.11.